The van der Waals surface area contributed by atoms with E-state index in [4.69, 9.17) is 17.3 Å². The zero-order chi connectivity index (χ0) is 10.6. The van der Waals surface area contributed by atoms with Gasteiger partial charge >= 0.3 is 0 Å². The minimum atomic E-state index is 0.253. The summed E-state index contributed by atoms with van der Waals surface area (Å²) in [4.78, 5) is 4.15. The molecule has 0 radical (unpaired) electrons. The molecular weight excluding hydrogens is 198 g/mol. The summed E-state index contributed by atoms with van der Waals surface area (Å²) >= 11 is 5.73. The second-order valence-electron chi connectivity index (χ2n) is 3.59. The average Bonchev–Trinajstić information content (AvgIpc) is 2.16. The molecule has 0 spiro atoms. The monoisotopic (exact) mass is 213 g/mol. The van der Waals surface area contributed by atoms with Crippen molar-refractivity contribution in [1.82, 2.24) is 4.98 Å². The van der Waals surface area contributed by atoms with Gasteiger partial charge in [-0.15, -0.1) is 0 Å². The van der Waals surface area contributed by atoms with E-state index >= 15 is 0 Å². The molecule has 0 fully saturated rings. The van der Waals surface area contributed by atoms with Crippen LogP contribution in [-0.2, 0) is 0 Å². The number of halogens is 1. The van der Waals surface area contributed by atoms with Crippen molar-refractivity contribution in [2.75, 3.05) is 11.9 Å². The molecular formula is C10H16ClN3. The van der Waals surface area contributed by atoms with Crippen molar-refractivity contribution in [2.45, 2.75) is 19.9 Å². The van der Waals surface area contributed by atoms with E-state index in [0.29, 0.717) is 17.5 Å². The van der Waals surface area contributed by atoms with Crippen LogP contribution in [-0.4, -0.2) is 17.6 Å². The Morgan fingerprint density at radius 1 is 1.50 bits per heavy atom. The molecule has 0 aliphatic heterocycles. The Morgan fingerprint density at radius 2 is 2.21 bits per heavy atom. The van der Waals surface area contributed by atoms with E-state index in [1.165, 1.54) is 0 Å². The standard InChI is InChI=1S/C10H16ClN3/c1-7(2)9(5-12)14-10-4-3-8(11)6-13-10/h3-4,6-7,9H,5,12H2,1-2H3,(H,13,14). The van der Waals surface area contributed by atoms with Gasteiger partial charge in [-0.1, -0.05) is 25.4 Å². The summed E-state index contributed by atoms with van der Waals surface area (Å²) < 4.78 is 0. The van der Waals surface area contributed by atoms with Crippen molar-refractivity contribution in [3.63, 3.8) is 0 Å². The first-order chi connectivity index (χ1) is 6.63. The summed E-state index contributed by atoms with van der Waals surface area (Å²) in [5.41, 5.74) is 5.64. The van der Waals surface area contributed by atoms with Crippen LogP contribution in [0.25, 0.3) is 0 Å². The van der Waals surface area contributed by atoms with Crippen LogP contribution < -0.4 is 11.1 Å². The van der Waals surface area contributed by atoms with Crippen LogP contribution in [0.15, 0.2) is 18.3 Å². The summed E-state index contributed by atoms with van der Waals surface area (Å²) in [5, 5.41) is 3.90. The Kier molecular flexibility index (Phi) is 4.17. The second kappa shape index (κ2) is 5.17. The highest BCUT2D eigenvalue weighted by Gasteiger charge is 2.10. The second-order valence-corrected chi connectivity index (χ2v) is 4.03. The first kappa shape index (κ1) is 11.3. The lowest BCUT2D eigenvalue weighted by Gasteiger charge is -2.20. The minimum Gasteiger partial charge on any atom is -0.366 e. The maximum Gasteiger partial charge on any atom is 0.126 e. The minimum absolute atomic E-state index is 0.253. The summed E-state index contributed by atoms with van der Waals surface area (Å²) in [6, 6.07) is 3.92. The summed E-state index contributed by atoms with van der Waals surface area (Å²) in [6.45, 7) is 4.85. The van der Waals surface area contributed by atoms with E-state index in [0.717, 1.165) is 5.82 Å². The van der Waals surface area contributed by atoms with Gasteiger partial charge in [-0.3, -0.25) is 0 Å². The number of aromatic nitrogens is 1. The zero-order valence-electron chi connectivity index (χ0n) is 8.50. The molecule has 0 aliphatic carbocycles. The lowest BCUT2D eigenvalue weighted by atomic mass is 10.1. The van der Waals surface area contributed by atoms with Gasteiger partial charge in [0.05, 0.1) is 5.02 Å². The van der Waals surface area contributed by atoms with E-state index in [9.17, 15) is 0 Å². The molecule has 0 amide bonds. The predicted molar refractivity (Wildman–Crippen MR) is 60.6 cm³/mol. The number of pyridine rings is 1. The molecule has 1 aromatic rings. The number of nitrogens with zero attached hydrogens (tertiary/aromatic N) is 1. The summed E-state index contributed by atoms with van der Waals surface area (Å²) in [7, 11) is 0. The molecule has 78 valence electrons. The van der Waals surface area contributed by atoms with Crippen molar-refractivity contribution in [2.24, 2.45) is 11.7 Å². The van der Waals surface area contributed by atoms with Gasteiger partial charge in [-0.05, 0) is 18.1 Å². The number of hydrogen-bond acceptors (Lipinski definition) is 3. The average molecular weight is 214 g/mol. The molecule has 1 heterocycles. The molecule has 3 N–H and O–H groups in total. The van der Waals surface area contributed by atoms with Crippen LogP contribution in [0.4, 0.5) is 5.82 Å². The first-order valence-electron chi connectivity index (χ1n) is 4.71. The van der Waals surface area contributed by atoms with Crippen LogP contribution in [0.3, 0.4) is 0 Å². The van der Waals surface area contributed by atoms with Gasteiger partial charge < -0.3 is 11.1 Å². The normalized spacial score (nSPS) is 12.9. The van der Waals surface area contributed by atoms with Gasteiger partial charge in [0, 0.05) is 18.8 Å². The fraction of sp³-hybridized carbons (Fsp3) is 0.500. The Balaban J connectivity index is 2.63. The fourth-order valence-electron chi connectivity index (χ4n) is 1.15. The summed E-state index contributed by atoms with van der Waals surface area (Å²) in [6.07, 6.45) is 1.62. The quantitative estimate of drug-likeness (QED) is 0.806. The SMILES string of the molecule is CC(C)C(CN)Nc1ccc(Cl)cn1. The van der Waals surface area contributed by atoms with Crippen LogP contribution in [0.1, 0.15) is 13.8 Å². The number of nitrogens with two attached hydrogens (primary N) is 1. The third kappa shape index (κ3) is 3.16. The summed E-state index contributed by atoms with van der Waals surface area (Å²) in [5.74, 6) is 1.30. The fourth-order valence-corrected chi connectivity index (χ4v) is 1.26. The Labute approximate surface area is 89.7 Å². The number of rotatable bonds is 4. The van der Waals surface area contributed by atoms with E-state index in [2.05, 4.69) is 24.1 Å². The molecule has 4 heteroatoms. The third-order valence-electron chi connectivity index (χ3n) is 2.12. The van der Waals surface area contributed by atoms with Crippen molar-refractivity contribution in [3.8, 4) is 0 Å². The van der Waals surface area contributed by atoms with E-state index in [1.54, 1.807) is 6.20 Å². The number of nitrogens with one attached hydrogen (secondary N) is 1. The molecule has 1 rings (SSSR count). The molecule has 0 aromatic carbocycles. The van der Waals surface area contributed by atoms with Crippen molar-refractivity contribution >= 4 is 17.4 Å². The number of hydrogen-bond donors (Lipinski definition) is 2. The topological polar surface area (TPSA) is 50.9 Å². The largest absolute Gasteiger partial charge is 0.366 e. The van der Waals surface area contributed by atoms with Crippen LogP contribution >= 0.6 is 11.6 Å². The Morgan fingerprint density at radius 3 is 2.64 bits per heavy atom. The van der Waals surface area contributed by atoms with E-state index in [-0.39, 0.29) is 6.04 Å². The lowest BCUT2D eigenvalue weighted by molar-refractivity contribution is 0.530. The van der Waals surface area contributed by atoms with Crippen molar-refractivity contribution in [1.29, 1.82) is 0 Å². The molecule has 0 bridgehead atoms. The third-order valence-corrected chi connectivity index (χ3v) is 2.34. The smallest absolute Gasteiger partial charge is 0.126 e. The highest BCUT2D eigenvalue weighted by atomic mass is 35.5. The highest BCUT2D eigenvalue weighted by Crippen LogP contribution is 2.12. The maximum atomic E-state index is 5.73. The molecule has 14 heavy (non-hydrogen) atoms. The van der Waals surface area contributed by atoms with Crippen LogP contribution in [0, 0.1) is 5.92 Å². The van der Waals surface area contributed by atoms with Gasteiger partial charge in [-0.25, -0.2) is 4.98 Å². The van der Waals surface area contributed by atoms with Gasteiger partial charge in [0.15, 0.2) is 0 Å². The highest BCUT2D eigenvalue weighted by molar-refractivity contribution is 6.30. The van der Waals surface area contributed by atoms with Gasteiger partial charge in [0.2, 0.25) is 0 Å². The first-order valence-corrected chi connectivity index (χ1v) is 5.09. The lowest BCUT2D eigenvalue weighted by Crippen LogP contribution is -2.33. The van der Waals surface area contributed by atoms with Gasteiger partial charge in [-0.2, -0.15) is 0 Å². The van der Waals surface area contributed by atoms with Crippen LogP contribution in [0.5, 0.6) is 0 Å². The molecule has 1 atom stereocenters. The molecule has 0 saturated heterocycles. The van der Waals surface area contributed by atoms with Gasteiger partial charge in [0.25, 0.3) is 0 Å². The van der Waals surface area contributed by atoms with Crippen molar-refractivity contribution < 1.29 is 0 Å². The van der Waals surface area contributed by atoms with E-state index in [1.807, 2.05) is 12.1 Å². The maximum absolute atomic E-state index is 5.73. The zero-order valence-corrected chi connectivity index (χ0v) is 9.25. The molecule has 0 saturated carbocycles. The van der Waals surface area contributed by atoms with Crippen LogP contribution in [0.2, 0.25) is 5.02 Å². The number of anilines is 1. The van der Waals surface area contributed by atoms with E-state index < -0.39 is 0 Å². The Hall–Kier alpha value is -0.800. The van der Waals surface area contributed by atoms with Crippen molar-refractivity contribution in [3.05, 3.63) is 23.4 Å². The molecule has 0 aliphatic rings. The molecule has 1 aromatic heterocycles. The van der Waals surface area contributed by atoms with Gasteiger partial charge in [0.1, 0.15) is 5.82 Å². The predicted octanol–water partition coefficient (Wildman–Crippen LogP) is 2.13. The molecule has 1 unspecified atom stereocenters. The Bertz CT molecular complexity index is 271. The molecule has 3 nitrogen and oxygen atoms in total.